The van der Waals surface area contributed by atoms with Crippen molar-refractivity contribution in [1.82, 2.24) is 10.2 Å². The number of rotatable bonds is 5. The van der Waals surface area contributed by atoms with E-state index in [9.17, 15) is 19.1 Å². The first-order chi connectivity index (χ1) is 9.75. The van der Waals surface area contributed by atoms with Gasteiger partial charge in [-0.1, -0.05) is 18.2 Å². The molecule has 0 heterocycles. The molecule has 6 nitrogen and oxygen atoms in total. The Morgan fingerprint density at radius 3 is 2.33 bits per heavy atom. The lowest BCUT2D eigenvalue weighted by molar-refractivity contribution is -0.141. The number of carbonyl (C=O) groups excluding carboxylic acids is 1. The van der Waals surface area contributed by atoms with Crippen molar-refractivity contribution in [3.63, 3.8) is 0 Å². The Morgan fingerprint density at radius 2 is 1.86 bits per heavy atom. The Morgan fingerprint density at radius 1 is 1.29 bits per heavy atom. The number of carboxylic acid groups (broad SMARTS) is 1. The van der Waals surface area contributed by atoms with Crippen LogP contribution in [0, 0.1) is 5.82 Å². The average Bonchev–Trinajstić information content (AvgIpc) is 2.42. The molecule has 0 radical (unpaired) electrons. The summed E-state index contributed by atoms with van der Waals surface area (Å²) in [4.78, 5) is 24.1. The second-order valence-corrected chi connectivity index (χ2v) is 4.81. The lowest BCUT2D eigenvalue weighted by atomic mass is 10.1. The fourth-order valence-electron chi connectivity index (χ4n) is 1.82. The molecule has 1 aromatic rings. The molecule has 0 spiro atoms. The fraction of sp³-hybridized carbons (Fsp3) is 0.429. The topological polar surface area (TPSA) is 89.9 Å². The van der Waals surface area contributed by atoms with Crippen LogP contribution in [0.25, 0.3) is 0 Å². The van der Waals surface area contributed by atoms with E-state index in [1.54, 1.807) is 25.1 Å². The van der Waals surface area contributed by atoms with Gasteiger partial charge in [0.05, 0.1) is 12.1 Å². The molecule has 0 saturated heterocycles. The quantitative estimate of drug-likeness (QED) is 0.765. The molecule has 0 fully saturated rings. The first-order valence-electron chi connectivity index (χ1n) is 6.44. The highest BCUT2D eigenvalue weighted by molar-refractivity contribution is 5.83. The summed E-state index contributed by atoms with van der Waals surface area (Å²) < 4.78 is 13.7. The van der Waals surface area contributed by atoms with Crippen LogP contribution in [-0.2, 0) is 4.79 Å². The molecule has 116 valence electrons. The standard InChI is InChI=1S/C14H19FN2O4/c1-8(10-6-4-5-7-11(10)15)17(3)14(21)16-12(9(2)18)13(19)20/h4-9,12,18H,1-3H3,(H,16,21)(H,19,20). The number of aliphatic hydroxyl groups is 1. The minimum atomic E-state index is -1.42. The highest BCUT2D eigenvalue weighted by Crippen LogP contribution is 2.21. The summed E-state index contributed by atoms with van der Waals surface area (Å²) in [5, 5.41) is 20.5. The minimum Gasteiger partial charge on any atom is -0.480 e. The first-order valence-corrected chi connectivity index (χ1v) is 6.44. The zero-order valence-electron chi connectivity index (χ0n) is 12.1. The highest BCUT2D eigenvalue weighted by atomic mass is 19.1. The van der Waals surface area contributed by atoms with Gasteiger partial charge in [-0.05, 0) is 19.9 Å². The molecule has 3 atom stereocenters. The van der Waals surface area contributed by atoms with Crippen LogP contribution in [0.5, 0.6) is 0 Å². The van der Waals surface area contributed by atoms with Gasteiger partial charge in [0.1, 0.15) is 5.82 Å². The number of aliphatic hydroxyl groups excluding tert-OH is 1. The number of aliphatic carboxylic acids is 1. The van der Waals surface area contributed by atoms with Gasteiger partial charge in [-0.2, -0.15) is 0 Å². The number of carboxylic acids is 1. The van der Waals surface area contributed by atoms with Crippen LogP contribution in [0.15, 0.2) is 24.3 Å². The number of nitrogens with one attached hydrogen (secondary N) is 1. The van der Waals surface area contributed by atoms with Crippen molar-refractivity contribution in [3.8, 4) is 0 Å². The molecular formula is C14H19FN2O4. The van der Waals surface area contributed by atoms with Crippen molar-refractivity contribution < 1.29 is 24.2 Å². The van der Waals surface area contributed by atoms with Crippen molar-refractivity contribution in [2.45, 2.75) is 32.0 Å². The van der Waals surface area contributed by atoms with E-state index in [-0.39, 0.29) is 0 Å². The van der Waals surface area contributed by atoms with Crippen LogP contribution >= 0.6 is 0 Å². The smallest absolute Gasteiger partial charge is 0.328 e. The Labute approximate surface area is 122 Å². The molecule has 0 saturated carbocycles. The number of benzene rings is 1. The van der Waals surface area contributed by atoms with Crippen LogP contribution in [0.1, 0.15) is 25.5 Å². The molecule has 7 heteroatoms. The molecule has 2 amide bonds. The number of nitrogens with zero attached hydrogens (tertiary/aromatic N) is 1. The molecular weight excluding hydrogens is 279 g/mol. The second kappa shape index (κ2) is 7.03. The van der Waals surface area contributed by atoms with E-state index < -0.39 is 36.0 Å². The van der Waals surface area contributed by atoms with E-state index in [1.165, 1.54) is 24.9 Å². The Kier molecular flexibility index (Phi) is 5.66. The van der Waals surface area contributed by atoms with Gasteiger partial charge in [0.25, 0.3) is 0 Å². The zero-order chi connectivity index (χ0) is 16.2. The van der Waals surface area contributed by atoms with Crippen LogP contribution in [0.3, 0.4) is 0 Å². The molecule has 0 aliphatic carbocycles. The summed E-state index contributed by atoms with van der Waals surface area (Å²) >= 11 is 0. The van der Waals surface area contributed by atoms with Crippen LogP contribution in [0.2, 0.25) is 0 Å². The van der Waals surface area contributed by atoms with Crippen molar-refractivity contribution in [2.75, 3.05) is 7.05 Å². The third-order valence-electron chi connectivity index (χ3n) is 3.28. The molecule has 3 unspecified atom stereocenters. The summed E-state index contributed by atoms with van der Waals surface area (Å²) in [7, 11) is 1.42. The van der Waals surface area contributed by atoms with Gasteiger partial charge in [0, 0.05) is 12.6 Å². The summed E-state index contributed by atoms with van der Waals surface area (Å²) in [5.74, 6) is -1.79. The molecule has 0 bridgehead atoms. The maximum Gasteiger partial charge on any atom is 0.328 e. The van der Waals surface area contributed by atoms with Gasteiger partial charge >= 0.3 is 12.0 Å². The number of halogens is 1. The van der Waals surface area contributed by atoms with E-state index in [4.69, 9.17) is 5.11 Å². The predicted molar refractivity (Wildman–Crippen MR) is 74.2 cm³/mol. The summed E-state index contributed by atoms with van der Waals surface area (Å²) in [6.07, 6.45) is -1.25. The SMILES string of the molecule is CC(O)C(NC(=O)N(C)C(C)c1ccccc1F)C(=O)O. The van der Waals surface area contributed by atoms with E-state index in [0.29, 0.717) is 5.56 Å². The van der Waals surface area contributed by atoms with Gasteiger partial charge in [-0.15, -0.1) is 0 Å². The lowest BCUT2D eigenvalue weighted by Crippen LogP contribution is -2.51. The monoisotopic (exact) mass is 298 g/mol. The molecule has 0 aromatic heterocycles. The summed E-state index contributed by atoms with van der Waals surface area (Å²) in [6, 6.07) is 3.30. The molecule has 21 heavy (non-hydrogen) atoms. The van der Waals surface area contributed by atoms with Crippen LogP contribution in [0.4, 0.5) is 9.18 Å². The Hall–Kier alpha value is -2.15. The summed E-state index contributed by atoms with van der Waals surface area (Å²) in [5.41, 5.74) is 0.319. The number of hydrogen-bond acceptors (Lipinski definition) is 3. The van der Waals surface area contributed by atoms with Crippen molar-refractivity contribution >= 4 is 12.0 Å². The normalized spacial score (nSPS) is 14.9. The zero-order valence-corrected chi connectivity index (χ0v) is 12.1. The van der Waals surface area contributed by atoms with Crippen molar-refractivity contribution in [1.29, 1.82) is 0 Å². The number of urea groups is 1. The van der Waals surface area contributed by atoms with Gasteiger partial charge in [0.2, 0.25) is 0 Å². The Bertz CT molecular complexity index is 521. The molecule has 1 aromatic carbocycles. The highest BCUT2D eigenvalue weighted by Gasteiger charge is 2.28. The third-order valence-corrected chi connectivity index (χ3v) is 3.28. The van der Waals surface area contributed by atoms with E-state index in [2.05, 4.69) is 5.32 Å². The minimum absolute atomic E-state index is 0.319. The average molecular weight is 298 g/mol. The maximum absolute atomic E-state index is 13.7. The first kappa shape index (κ1) is 16.9. The van der Waals surface area contributed by atoms with E-state index >= 15 is 0 Å². The third kappa shape index (κ3) is 4.16. The Balaban J connectivity index is 2.83. The predicted octanol–water partition coefficient (Wildman–Crippen LogP) is 1.36. The molecule has 0 aliphatic rings. The van der Waals surface area contributed by atoms with E-state index in [1.807, 2.05) is 0 Å². The number of carbonyl (C=O) groups is 2. The second-order valence-electron chi connectivity index (χ2n) is 4.81. The van der Waals surface area contributed by atoms with Gasteiger partial charge in [-0.25, -0.2) is 14.0 Å². The number of hydrogen-bond donors (Lipinski definition) is 3. The fourth-order valence-corrected chi connectivity index (χ4v) is 1.82. The van der Waals surface area contributed by atoms with Crippen molar-refractivity contribution in [2.24, 2.45) is 0 Å². The number of amides is 2. The molecule has 1 rings (SSSR count). The molecule has 3 N–H and O–H groups in total. The lowest BCUT2D eigenvalue weighted by Gasteiger charge is -2.28. The van der Waals surface area contributed by atoms with Crippen LogP contribution in [-0.4, -0.2) is 46.3 Å². The maximum atomic E-state index is 13.7. The van der Waals surface area contributed by atoms with Crippen LogP contribution < -0.4 is 5.32 Å². The molecule has 0 aliphatic heterocycles. The van der Waals surface area contributed by atoms with Gasteiger partial charge in [0.15, 0.2) is 6.04 Å². The van der Waals surface area contributed by atoms with Gasteiger partial charge in [-0.3, -0.25) is 0 Å². The summed E-state index contributed by atoms with van der Waals surface area (Å²) in [6.45, 7) is 2.88. The van der Waals surface area contributed by atoms with Gasteiger partial charge < -0.3 is 20.4 Å². The largest absolute Gasteiger partial charge is 0.480 e. The van der Waals surface area contributed by atoms with E-state index in [0.717, 1.165) is 0 Å². The van der Waals surface area contributed by atoms with Crippen molar-refractivity contribution in [3.05, 3.63) is 35.6 Å².